The highest BCUT2D eigenvalue weighted by atomic mass is 32.2. The number of amides is 1. The number of hydrogen-bond donors (Lipinski definition) is 1. The zero-order valence-corrected chi connectivity index (χ0v) is 18.9. The van der Waals surface area contributed by atoms with Crippen LogP contribution in [0.4, 0.5) is 0 Å². The van der Waals surface area contributed by atoms with Crippen molar-refractivity contribution >= 4 is 45.8 Å². The highest BCUT2D eigenvalue weighted by Crippen LogP contribution is 2.32. The van der Waals surface area contributed by atoms with E-state index in [-0.39, 0.29) is 17.2 Å². The maximum Gasteiger partial charge on any atom is 0.343 e. The Bertz CT molecular complexity index is 1230. The molecule has 0 fully saturated rings. The smallest absolute Gasteiger partial charge is 0.343 e. The van der Waals surface area contributed by atoms with Gasteiger partial charge in [-0.3, -0.25) is 10.2 Å². The highest BCUT2D eigenvalue weighted by molar-refractivity contribution is 8.26. The average Bonchev–Trinajstić information content (AvgIpc) is 3.18. The van der Waals surface area contributed by atoms with Crippen molar-refractivity contribution in [2.45, 2.75) is 13.8 Å². The Kier molecular flexibility index (Phi) is 6.27. The van der Waals surface area contributed by atoms with E-state index in [0.717, 1.165) is 0 Å². The van der Waals surface area contributed by atoms with Gasteiger partial charge in [-0.2, -0.15) is 15.1 Å². The molecule has 0 saturated carbocycles. The average molecular weight is 465 g/mol. The first-order valence-electron chi connectivity index (χ1n) is 9.99. The van der Waals surface area contributed by atoms with Crippen LogP contribution in [-0.4, -0.2) is 46.6 Å². The molecule has 2 aliphatic heterocycles. The van der Waals surface area contributed by atoms with Crippen molar-refractivity contribution < 1.29 is 23.8 Å². The number of ether oxygens (including phenoxy) is 3. The molecule has 2 aromatic carbocycles. The zero-order chi connectivity index (χ0) is 23.5. The molecule has 4 rings (SSSR count). The summed E-state index contributed by atoms with van der Waals surface area (Å²) in [6.45, 7) is 3.93. The Morgan fingerprint density at radius 1 is 1.18 bits per heavy atom. The number of aliphatic imine (C=N–C) groups is 1. The van der Waals surface area contributed by atoms with E-state index in [2.05, 4.69) is 10.1 Å². The van der Waals surface area contributed by atoms with Crippen LogP contribution >= 0.6 is 11.8 Å². The number of nitrogens with one attached hydrogen (secondary N) is 1. The van der Waals surface area contributed by atoms with Gasteiger partial charge < -0.3 is 14.2 Å². The molecule has 2 heterocycles. The summed E-state index contributed by atoms with van der Waals surface area (Å²) in [4.78, 5) is 29.1. The maximum absolute atomic E-state index is 12.6. The Hall–Kier alpha value is -3.92. The summed E-state index contributed by atoms with van der Waals surface area (Å²) in [5, 5.41) is 15.0. The summed E-state index contributed by atoms with van der Waals surface area (Å²) in [7, 11) is 1.55. The van der Waals surface area contributed by atoms with Gasteiger partial charge in [-0.15, -0.1) is 0 Å². The minimum Gasteiger partial charge on any atom is -0.497 e. The second kappa shape index (κ2) is 9.29. The first kappa shape index (κ1) is 22.3. The molecule has 0 aliphatic carbocycles. The number of fused-ring (bicyclic) bond motifs is 1. The van der Waals surface area contributed by atoms with E-state index in [9.17, 15) is 9.59 Å². The summed E-state index contributed by atoms with van der Waals surface area (Å²) in [5.74, 6) is 0.0840. The fourth-order valence-corrected chi connectivity index (χ4v) is 3.84. The van der Waals surface area contributed by atoms with Gasteiger partial charge in [-0.05, 0) is 73.6 Å². The van der Waals surface area contributed by atoms with Crippen LogP contribution in [0.1, 0.15) is 29.8 Å². The Morgan fingerprint density at radius 2 is 1.94 bits per heavy atom. The van der Waals surface area contributed by atoms with Crippen molar-refractivity contribution in [3.8, 4) is 17.2 Å². The van der Waals surface area contributed by atoms with Crippen LogP contribution in [0.3, 0.4) is 0 Å². The van der Waals surface area contributed by atoms with Crippen LogP contribution in [0.15, 0.2) is 58.1 Å². The molecule has 2 aromatic rings. The monoisotopic (exact) mass is 464 g/mol. The molecule has 0 spiro atoms. The summed E-state index contributed by atoms with van der Waals surface area (Å²) in [6, 6.07) is 11.4. The van der Waals surface area contributed by atoms with E-state index < -0.39 is 11.9 Å². The number of thioether (sulfide) groups is 1. The molecule has 9 nitrogen and oxygen atoms in total. The molecule has 168 valence electrons. The Labute approximate surface area is 194 Å². The van der Waals surface area contributed by atoms with E-state index in [1.165, 1.54) is 22.8 Å². The van der Waals surface area contributed by atoms with E-state index in [1.54, 1.807) is 56.5 Å². The van der Waals surface area contributed by atoms with Crippen LogP contribution in [0.2, 0.25) is 0 Å². The van der Waals surface area contributed by atoms with Crippen LogP contribution in [0, 0.1) is 5.41 Å². The van der Waals surface area contributed by atoms with E-state index >= 15 is 0 Å². The lowest BCUT2D eigenvalue weighted by molar-refractivity contribution is -0.114. The molecule has 0 bridgehead atoms. The summed E-state index contributed by atoms with van der Waals surface area (Å²) in [5.41, 5.74) is 1.05. The van der Waals surface area contributed by atoms with Gasteiger partial charge in [-0.25, -0.2) is 4.79 Å². The van der Waals surface area contributed by atoms with Crippen molar-refractivity contribution in [1.82, 2.24) is 5.01 Å². The third-order valence-corrected chi connectivity index (χ3v) is 5.49. The predicted molar refractivity (Wildman–Crippen MR) is 126 cm³/mol. The number of carbonyl (C=O) groups excluding carboxylic acids is 2. The highest BCUT2D eigenvalue weighted by Gasteiger charge is 2.34. The largest absolute Gasteiger partial charge is 0.497 e. The standard InChI is InChI=1S/C23H20N4O5S/c1-4-31-19-12-14(11-17-20(24)27-23(25-21(17)28)33-13(2)26-27)5-10-18(19)32-22(29)15-6-8-16(30-3)9-7-15/h5-12,24H,4H2,1-3H3/b17-11+,24-20?. The fraction of sp³-hybridized carbons (Fsp3) is 0.174. The lowest BCUT2D eigenvalue weighted by Gasteiger charge is -2.20. The maximum atomic E-state index is 12.6. The normalized spacial score (nSPS) is 16.3. The first-order valence-corrected chi connectivity index (χ1v) is 10.8. The number of esters is 1. The molecule has 0 aromatic heterocycles. The van der Waals surface area contributed by atoms with Gasteiger partial charge in [0.1, 0.15) is 5.75 Å². The molecule has 0 radical (unpaired) electrons. The number of hydrogen-bond acceptors (Lipinski definition) is 8. The van der Waals surface area contributed by atoms with Gasteiger partial charge in [-0.1, -0.05) is 6.07 Å². The van der Waals surface area contributed by atoms with E-state index in [0.29, 0.717) is 39.4 Å². The van der Waals surface area contributed by atoms with Crippen LogP contribution in [0.5, 0.6) is 17.2 Å². The van der Waals surface area contributed by atoms with Gasteiger partial charge in [0.25, 0.3) is 5.91 Å². The van der Waals surface area contributed by atoms with Crippen molar-refractivity contribution in [2.24, 2.45) is 10.1 Å². The number of benzene rings is 2. The van der Waals surface area contributed by atoms with Crippen molar-refractivity contribution in [1.29, 1.82) is 5.41 Å². The molecule has 0 unspecified atom stereocenters. The quantitative estimate of drug-likeness (QED) is 0.391. The van der Waals surface area contributed by atoms with Gasteiger partial charge in [0.15, 0.2) is 17.3 Å². The zero-order valence-electron chi connectivity index (χ0n) is 18.1. The van der Waals surface area contributed by atoms with Gasteiger partial charge in [0.2, 0.25) is 5.17 Å². The molecule has 0 saturated heterocycles. The lowest BCUT2D eigenvalue weighted by atomic mass is 10.1. The first-order chi connectivity index (χ1) is 15.9. The number of rotatable bonds is 6. The minimum absolute atomic E-state index is 0.0534. The van der Waals surface area contributed by atoms with Crippen LogP contribution in [-0.2, 0) is 4.79 Å². The molecule has 33 heavy (non-hydrogen) atoms. The molecule has 2 aliphatic rings. The summed E-state index contributed by atoms with van der Waals surface area (Å²) < 4.78 is 16.3. The Balaban J connectivity index is 1.60. The second-order valence-corrected chi connectivity index (χ2v) is 8.06. The van der Waals surface area contributed by atoms with Crippen LogP contribution < -0.4 is 14.2 Å². The van der Waals surface area contributed by atoms with Crippen molar-refractivity contribution in [3.63, 3.8) is 0 Å². The topological polar surface area (TPSA) is 114 Å². The van der Waals surface area contributed by atoms with Gasteiger partial charge in [0, 0.05) is 0 Å². The molecule has 1 N–H and O–H groups in total. The van der Waals surface area contributed by atoms with Gasteiger partial charge in [0.05, 0.1) is 29.9 Å². The number of carbonyl (C=O) groups is 2. The molecular weight excluding hydrogens is 444 g/mol. The number of methoxy groups -OCH3 is 1. The SMILES string of the molecule is CCOc1cc(/C=C2\C(=N)N3N=C(C)SC3=NC2=O)ccc1OC(=O)c1ccc(OC)cc1. The number of nitrogens with zero attached hydrogens (tertiary/aromatic N) is 3. The predicted octanol–water partition coefficient (Wildman–Crippen LogP) is 3.95. The van der Waals surface area contributed by atoms with E-state index in [4.69, 9.17) is 19.6 Å². The summed E-state index contributed by atoms with van der Waals surface area (Å²) >= 11 is 1.24. The lowest BCUT2D eigenvalue weighted by Crippen LogP contribution is -2.35. The van der Waals surface area contributed by atoms with E-state index in [1.807, 2.05) is 6.92 Å². The van der Waals surface area contributed by atoms with Gasteiger partial charge >= 0.3 is 5.97 Å². The second-order valence-electron chi connectivity index (χ2n) is 6.90. The third-order valence-electron chi connectivity index (χ3n) is 4.66. The minimum atomic E-state index is -0.546. The number of amidine groups is 2. The molecule has 1 amide bonds. The Morgan fingerprint density at radius 3 is 2.64 bits per heavy atom. The summed E-state index contributed by atoms with van der Waals surface area (Å²) in [6.07, 6.45) is 1.54. The van der Waals surface area contributed by atoms with Crippen LogP contribution in [0.25, 0.3) is 6.08 Å². The van der Waals surface area contributed by atoms with Crippen molar-refractivity contribution in [3.05, 3.63) is 59.2 Å². The van der Waals surface area contributed by atoms with Crippen molar-refractivity contribution in [2.75, 3.05) is 13.7 Å². The third kappa shape index (κ3) is 4.65. The molecular formula is C23H20N4O5S. The molecule has 0 atom stereocenters. The molecule has 10 heteroatoms. The number of hydrazone groups is 1. The fourth-order valence-electron chi connectivity index (χ4n) is 3.11.